The molecule has 0 radical (unpaired) electrons. The highest BCUT2D eigenvalue weighted by atomic mass is 19.1. The van der Waals surface area contributed by atoms with Crippen molar-refractivity contribution >= 4 is 23.1 Å². The summed E-state index contributed by atoms with van der Waals surface area (Å²) in [6.07, 6.45) is 3.14. The average Bonchev–Trinajstić information content (AvgIpc) is 3.19. The summed E-state index contributed by atoms with van der Waals surface area (Å²) in [5.41, 5.74) is 3.25. The second-order valence-corrected chi connectivity index (χ2v) is 8.55. The van der Waals surface area contributed by atoms with Gasteiger partial charge in [-0.3, -0.25) is 4.79 Å². The summed E-state index contributed by atoms with van der Waals surface area (Å²) in [6, 6.07) is 14.2. The fourth-order valence-electron chi connectivity index (χ4n) is 4.33. The lowest BCUT2D eigenvalue weighted by Crippen LogP contribution is -2.47. The summed E-state index contributed by atoms with van der Waals surface area (Å²) < 4.78 is 15.6. The van der Waals surface area contributed by atoms with Crippen LogP contribution in [-0.2, 0) is 17.9 Å². The standard InChI is InChI=1S/C25H26FN7O2/c1-18-4-2-3-5-21(18)30-12-14-31(15-13-30)23-24-29-33(25(35)32(24)11-10-27-23)17-22(34)28-16-19-6-8-20(26)9-7-19/h2-11H,12-17H2,1H3,(H,28,34). The maximum atomic E-state index is 13.1. The fraction of sp³-hybridized carbons (Fsp3) is 0.280. The van der Waals surface area contributed by atoms with E-state index in [-0.39, 0.29) is 24.8 Å². The zero-order chi connectivity index (χ0) is 24.4. The van der Waals surface area contributed by atoms with Crippen molar-refractivity contribution in [3.8, 4) is 0 Å². The highest BCUT2D eigenvalue weighted by Gasteiger charge is 2.23. The number of aryl methyl sites for hydroxylation is 1. The van der Waals surface area contributed by atoms with E-state index < -0.39 is 5.69 Å². The molecule has 1 N–H and O–H groups in total. The van der Waals surface area contributed by atoms with Crippen LogP contribution >= 0.6 is 0 Å². The van der Waals surface area contributed by atoms with E-state index in [0.29, 0.717) is 11.5 Å². The van der Waals surface area contributed by atoms with Crippen LogP contribution in [0.5, 0.6) is 0 Å². The van der Waals surface area contributed by atoms with E-state index in [0.717, 1.165) is 36.4 Å². The van der Waals surface area contributed by atoms with Crippen LogP contribution in [0.1, 0.15) is 11.1 Å². The number of halogens is 1. The van der Waals surface area contributed by atoms with Crippen molar-refractivity contribution in [3.05, 3.63) is 88.4 Å². The molecule has 180 valence electrons. The molecule has 0 atom stereocenters. The van der Waals surface area contributed by atoms with Gasteiger partial charge in [-0.15, -0.1) is 5.10 Å². The SMILES string of the molecule is Cc1ccccc1N1CCN(c2nccn3c(=O)n(CC(=O)NCc4ccc(F)cc4)nc23)CC1. The monoisotopic (exact) mass is 475 g/mol. The predicted octanol–water partition coefficient (Wildman–Crippen LogP) is 1.98. The maximum absolute atomic E-state index is 13.1. The summed E-state index contributed by atoms with van der Waals surface area (Å²) in [5, 5.41) is 7.16. The summed E-state index contributed by atoms with van der Waals surface area (Å²) in [4.78, 5) is 34.3. The van der Waals surface area contributed by atoms with Crippen molar-refractivity contribution in [2.75, 3.05) is 36.0 Å². The number of piperazine rings is 1. The zero-order valence-electron chi connectivity index (χ0n) is 19.4. The lowest BCUT2D eigenvalue weighted by atomic mass is 10.1. The van der Waals surface area contributed by atoms with Crippen molar-refractivity contribution in [2.24, 2.45) is 0 Å². The molecule has 0 bridgehead atoms. The first-order chi connectivity index (χ1) is 17.0. The second-order valence-electron chi connectivity index (χ2n) is 8.55. The fourth-order valence-corrected chi connectivity index (χ4v) is 4.33. The summed E-state index contributed by atoms with van der Waals surface area (Å²) in [5.74, 6) is -0.0713. The number of fused-ring (bicyclic) bond motifs is 1. The number of carbonyl (C=O) groups excluding carboxylic acids is 1. The molecule has 4 aromatic rings. The zero-order valence-corrected chi connectivity index (χ0v) is 19.4. The molecule has 0 aliphatic carbocycles. The smallest absolute Gasteiger partial charge is 0.350 e. The van der Waals surface area contributed by atoms with Gasteiger partial charge in [-0.1, -0.05) is 30.3 Å². The summed E-state index contributed by atoms with van der Waals surface area (Å²) in [7, 11) is 0. The van der Waals surface area contributed by atoms with E-state index >= 15 is 0 Å². The van der Waals surface area contributed by atoms with Crippen molar-refractivity contribution in [1.29, 1.82) is 0 Å². The number of amides is 1. The molecule has 35 heavy (non-hydrogen) atoms. The van der Waals surface area contributed by atoms with Gasteiger partial charge in [0.2, 0.25) is 11.6 Å². The average molecular weight is 476 g/mol. The molecule has 0 unspecified atom stereocenters. The topological polar surface area (TPSA) is 87.8 Å². The van der Waals surface area contributed by atoms with Gasteiger partial charge in [-0.05, 0) is 36.2 Å². The molecule has 9 nitrogen and oxygen atoms in total. The van der Waals surface area contributed by atoms with Gasteiger partial charge in [-0.2, -0.15) is 0 Å². The van der Waals surface area contributed by atoms with E-state index in [1.54, 1.807) is 24.5 Å². The Balaban J connectivity index is 1.29. The number of nitrogens with one attached hydrogen (secondary N) is 1. The number of benzene rings is 2. The van der Waals surface area contributed by atoms with Gasteiger partial charge < -0.3 is 15.1 Å². The van der Waals surface area contributed by atoms with Gasteiger partial charge in [0, 0.05) is 50.8 Å². The Labute approximate surface area is 201 Å². The van der Waals surface area contributed by atoms with Crippen molar-refractivity contribution in [2.45, 2.75) is 20.0 Å². The number of hydrogen-bond donors (Lipinski definition) is 1. The molecule has 3 heterocycles. The van der Waals surface area contributed by atoms with Gasteiger partial charge in [0.05, 0.1) is 0 Å². The van der Waals surface area contributed by atoms with E-state index in [4.69, 9.17) is 0 Å². The molecule has 2 aromatic heterocycles. The lowest BCUT2D eigenvalue weighted by Gasteiger charge is -2.37. The Morgan fingerprint density at radius 1 is 1.03 bits per heavy atom. The highest BCUT2D eigenvalue weighted by molar-refractivity contribution is 5.75. The van der Waals surface area contributed by atoms with Crippen LogP contribution in [0.4, 0.5) is 15.9 Å². The minimum Gasteiger partial charge on any atom is -0.368 e. The number of hydrogen-bond acceptors (Lipinski definition) is 6. The number of nitrogens with zero attached hydrogens (tertiary/aromatic N) is 6. The van der Waals surface area contributed by atoms with Crippen molar-refractivity contribution in [3.63, 3.8) is 0 Å². The van der Waals surface area contributed by atoms with Gasteiger partial charge >= 0.3 is 5.69 Å². The molecule has 1 fully saturated rings. The van der Waals surface area contributed by atoms with Gasteiger partial charge in [-0.25, -0.2) is 23.3 Å². The van der Waals surface area contributed by atoms with E-state index in [1.165, 1.54) is 27.8 Å². The molecule has 2 aromatic carbocycles. The number of aromatic nitrogens is 4. The first-order valence-electron chi connectivity index (χ1n) is 11.5. The minimum absolute atomic E-state index is 0.220. The Kier molecular flexibility index (Phi) is 6.17. The number of para-hydroxylation sites is 1. The van der Waals surface area contributed by atoms with Crippen molar-refractivity contribution < 1.29 is 9.18 Å². The molecule has 1 aliphatic heterocycles. The van der Waals surface area contributed by atoms with Crippen LogP contribution < -0.4 is 20.8 Å². The molecular formula is C25H26FN7O2. The van der Waals surface area contributed by atoms with Crippen LogP contribution in [0.3, 0.4) is 0 Å². The molecule has 5 rings (SSSR count). The Morgan fingerprint density at radius 3 is 2.49 bits per heavy atom. The number of carbonyl (C=O) groups is 1. The van der Waals surface area contributed by atoms with Gasteiger partial charge in [0.1, 0.15) is 12.4 Å². The van der Waals surface area contributed by atoms with E-state index in [9.17, 15) is 14.0 Å². The Morgan fingerprint density at radius 2 is 1.74 bits per heavy atom. The van der Waals surface area contributed by atoms with Crippen LogP contribution in [0.25, 0.3) is 5.65 Å². The number of anilines is 2. The van der Waals surface area contributed by atoms with E-state index in [1.807, 2.05) is 12.1 Å². The molecule has 1 aliphatic rings. The first kappa shape index (κ1) is 22.6. The second kappa shape index (κ2) is 9.57. The third-order valence-corrected chi connectivity index (χ3v) is 6.21. The van der Waals surface area contributed by atoms with E-state index in [2.05, 4.69) is 44.3 Å². The lowest BCUT2D eigenvalue weighted by molar-refractivity contribution is -0.122. The van der Waals surface area contributed by atoms with Crippen LogP contribution in [0, 0.1) is 12.7 Å². The molecule has 1 amide bonds. The van der Waals surface area contributed by atoms with Crippen LogP contribution in [0.15, 0.2) is 65.7 Å². The maximum Gasteiger partial charge on any atom is 0.350 e. The molecule has 10 heteroatoms. The van der Waals surface area contributed by atoms with Gasteiger partial charge in [0.25, 0.3) is 0 Å². The quantitative estimate of drug-likeness (QED) is 0.459. The third-order valence-electron chi connectivity index (χ3n) is 6.21. The molecular weight excluding hydrogens is 449 g/mol. The van der Waals surface area contributed by atoms with Crippen LogP contribution in [0.2, 0.25) is 0 Å². The van der Waals surface area contributed by atoms with Gasteiger partial charge in [0.15, 0.2) is 5.82 Å². The normalized spacial score (nSPS) is 13.9. The highest BCUT2D eigenvalue weighted by Crippen LogP contribution is 2.23. The number of rotatable bonds is 6. The van der Waals surface area contributed by atoms with Crippen molar-refractivity contribution in [1.82, 2.24) is 24.5 Å². The Bertz CT molecular complexity index is 1410. The largest absolute Gasteiger partial charge is 0.368 e. The third kappa shape index (κ3) is 4.72. The molecule has 1 saturated heterocycles. The molecule has 0 saturated carbocycles. The first-order valence-corrected chi connectivity index (χ1v) is 11.5. The molecule has 0 spiro atoms. The van der Waals surface area contributed by atoms with Crippen LogP contribution in [-0.4, -0.2) is 51.3 Å². The summed E-state index contributed by atoms with van der Waals surface area (Å²) >= 11 is 0. The minimum atomic E-state index is -0.404. The summed E-state index contributed by atoms with van der Waals surface area (Å²) in [6.45, 7) is 5.25. The Hall–Kier alpha value is -4.21. The predicted molar refractivity (Wildman–Crippen MR) is 131 cm³/mol.